The number of aromatic nitrogens is 2. The minimum absolute atomic E-state index is 0. The van der Waals surface area contributed by atoms with Crippen molar-refractivity contribution in [1.82, 2.24) is 10.2 Å². The van der Waals surface area contributed by atoms with Crippen molar-refractivity contribution >= 4 is 34.8 Å². The molecule has 0 aliphatic heterocycles. The van der Waals surface area contributed by atoms with Crippen LogP contribution >= 0.6 is 23.7 Å². The quantitative estimate of drug-likeness (QED) is 0.845. The molecule has 0 radical (unpaired) electrons. The summed E-state index contributed by atoms with van der Waals surface area (Å²) in [6.45, 7) is 3.72. The summed E-state index contributed by atoms with van der Waals surface area (Å²) in [7, 11) is 0. The van der Waals surface area contributed by atoms with Crippen molar-refractivity contribution < 1.29 is 4.79 Å². The van der Waals surface area contributed by atoms with Gasteiger partial charge < -0.3 is 11.1 Å². The van der Waals surface area contributed by atoms with E-state index in [1.165, 1.54) is 11.3 Å². The Balaban J connectivity index is 0.00000196. The average molecular weight is 251 g/mol. The second-order valence-corrected chi connectivity index (χ2v) is 4.37. The molecule has 7 heteroatoms. The van der Waals surface area contributed by atoms with Crippen molar-refractivity contribution in [2.75, 3.05) is 5.32 Å². The van der Waals surface area contributed by atoms with Gasteiger partial charge in [0.2, 0.25) is 11.0 Å². The molecule has 0 spiro atoms. The van der Waals surface area contributed by atoms with Gasteiger partial charge in [-0.1, -0.05) is 11.3 Å². The van der Waals surface area contributed by atoms with E-state index in [-0.39, 0.29) is 24.4 Å². The van der Waals surface area contributed by atoms with Gasteiger partial charge in [-0.15, -0.1) is 22.6 Å². The summed E-state index contributed by atoms with van der Waals surface area (Å²) in [6.07, 6.45) is 1.11. The van der Waals surface area contributed by atoms with Gasteiger partial charge >= 0.3 is 0 Å². The fourth-order valence-corrected chi connectivity index (χ4v) is 1.50. The number of aryl methyl sites for hydroxylation is 1. The monoisotopic (exact) mass is 250 g/mol. The molecule has 0 saturated heterocycles. The van der Waals surface area contributed by atoms with E-state index in [2.05, 4.69) is 15.5 Å². The Bertz CT molecular complexity index is 315. The van der Waals surface area contributed by atoms with E-state index < -0.39 is 0 Å². The van der Waals surface area contributed by atoms with E-state index in [1.807, 2.05) is 13.8 Å². The van der Waals surface area contributed by atoms with Gasteiger partial charge in [-0.2, -0.15) is 0 Å². The minimum atomic E-state index is -0.0570. The molecule has 1 atom stereocenters. The molecule has 0 aliphatic rings. The number of carbonyl (C=O) groups excluding carboxylic acids is 1. The maximum Gasteiger partial charge on any atom is 0.226 e. The fraction of sp³-hybridized carbons (Fsp3) is 0.625. The molecule has 0 aliphatic carbocycles. The molecule has 5 nitrogen and oxygen atoms in total. The Morgan fingerprint density at radius 2 is 2.27 bits per heavy atom. The number of anilines is 1. The van der Waals surface area contributed by atoms with Crippen LogP contribution in [0.25, 0.3) is 0 Å². The Kier molecular flexibility index (Phi) is 6.38. The van der Waals surface area contributed by atoms with Crippen LogP contribution in [0.4, 0.5) is 5.13 Å². The zero-order valence-corrected chi connectivity index (χ0v) is 10.3. The number of carbonyl (C=O) groups is 1. The molecular formula is C8H15ClN4OS. The van der Waals surface area contributed by atoms with E-state index in [0.29, 0.717) is 18.0 Å². The molecule has 1 aromatic rings. The van der Waals surface area contributed by atoms with Crippen molar-refractivity contribution in [3.05, 3.63) is 5.01 Å². The lowest BCUT2D eigenvalue weighted by molar-refractivity contribution is -0.116. The molecular weight excluding hydrogens is 236 g/mol. The zero-order chi connectivity index (χ0) is 10.6. The maximum atomic E-state index is 11.3. The molecule has 0 bridgehead atoms. The molecule has 1 heterocycles. The second kappa shape index (κ2) is 6.71. The topological polar surface area (TPSA) is 80.9 Å². The highest BCUT2D eigenvalue weighted by molar-refractivity contribution is 7.15. The number of halogens is 1. The van der Waals surface area contributed by atoms with Crippen LogP contribution < -0.4 is 11.1 Å². The minimum Gasteiger partial charge on any atom is -0.328 e. The van der Waals surface area contributed by atoms with Crippen LogP contribution in [0.3, 0.4) is 0 Å². The van der Waals surface area contributed by atoms with Crippen molar-refractivity contribution in [2.24, 2.45) is 5.73 Å². The van der Waals surface area contributed by atoms with Crippen LogP contribution in [0.15, 0.2) is 0 Å². The molecule has 1 amide bonds. The number of hydrogen-bond donors (Lipinski definition) is 2. The highest BCUT2D eigenvalue weighted by Crippen LogP contribution is 2.13. The van der Waals surface area contributed by atoms with Crippen LogP contribution in [0.5, 0.6) is 0 Å². The predicted octanol–water partition coefficient (Wildman–Crippen LogP) is 1.33. The molecule has 3 N–H and O–H groups in total. The lowest BCUT2D eigenvalue weighted by Gasteiger charge is -2.03. The number of rotatable bonds is 4. The third-order valence-corrected chi connectivity index (χ3v) is 2.35. The van der Waals surface area contributed by atoms with Crippen LogP contribution in [0.2, 0.25) is 0 Å². The van der Waals surface area contributed by atoms with Gasteiger partial charge in [0.05, 0.1) is 0 Å². The summed E-state index contributed by atoms with van der Waals surface area (Å²) in [5.41, 5.74) is 5.53. The summed E-state index contributed by atoms with van der Waals surface area (Å²) < 4.78 is 0. The summed E-state index contributed by atoms with van der Waals surface area (Å²) in [5, 5.41) is 11.6. The number of nitrogens with zero attached hydrogens (tertiary/aromatic N) is 2. The lowest BCUT2D eigenvalue weighted by atomic mass is 10.2. The second-order valence-electron chi connectivity index (χ2n) is 3.19. The molecule has 0 saturated carbocycles. The average Bonchev–Trinajstić information content (AvgIpc) is 2.48. The van der Waals surface area contributed by atoms with Crippen molar-refractivity contribution in [3.63, 3.8) is 0 Å². The first-order chi connectivity index (χ1) is 6.58. The Morgan fingerprint density at radius 3 is 2.73 bits per heavy atom. The maximum absolute atomic E-state index is 11.3. The van der Waals surface area contributed by atoms with Gasteiger partial charge in [-0.05, 0) is 20.3 Å². The van der Waals surface area contributed by atoms with Crippen LogP contribution in [0, 0.1) is 6.92 Å². The van der Waals surface area contributed by atoms with Crippen LogP contribution in [-0.4, -0.2) is 22.1 Å². The Morgan fingerprint density at radius 1 is 1.60 bits per heavy atom. The van der Waals surface area contributed by atoms with Gasteiger partial charge in [0.25, 0.3) is 0 Å². The predicted molar refractivity (Wildman–Crippen MR) is 63.4 cm³/mol. The lowest BCUT2D eigenvalue weighted by Crippen LogP contribution is -2.19. The Hall–Kier alpha value is -0.720. The van der Waals surface area contributed by atoms with Gasteiger partial charge in [-0.3, -0.25) is 4.79 Å². The van der Waals surface area contributed by atoms with Gasteiger partial charge in [0.15, 0.2) is 0 Å². The summed E-state index contributed by atoms with van der Waals surface area (Å²) in [4.78, 5) is 11.3. The number of nitrogens with one attached hydrogen (secondary N) is 1. The molecule has 1 rings (SSSR count). The van der Waals surface area contributed by atoms with E-state index in [9.17, 15) is 4.79 Å². The fourth-order valence-electron chi connectivity index (χ4n) is 0.888. The molecule has 1 aromatic heterocycles. The van der Waals surface area contributed by atoms with E-state index in [1.54, 1.807) is 0 Å². The van der Waals surface area contributed by atoms with Crippen LogP contribution in [0.1, 0.15) is 24.8 Å². The van der Waals surface area contributed by atoms with E-state index in [0.717, 1.165) is 5.01 Å². The highest BCUT2D eigenvalue weighted by atomic mass is 35.5. The first kappa shape index (κ1) is 14.3. The highest BCUT2D eigenvalue weighted by Gasteiger charge is 2.06. The van der Waals surface area contributed by atoms with Crippen molar-refractivity contribution in [3.8, 4) is 0 Å². The third-order valence-electron chi connectivity index (χ3n) is 1.60. The van der Waals surface area contributed by atoms with E-state index in [4.69, 9.17) is 5.73 Å². The van der Waals surface area contributed by atoms with Gasteiger partial charge in [0, 0.05) is 12.5 Å². The number of hydrogen-bond acceptors (Lipinski definition) is 5. The summed E-state index contributed by atoms with van der Waals surface area (Å²) in [6, 6.07) is 0.0527. The standard InChI is InChI=1S/C8H14N4OS.ClH/c1-5(9)3-4-7(13)10-8-12-11-6(2)14-8;/h5H,3-4,9H2,1-2H3,(H,10,12,13);1H. The third kappa shape index (κ3) is 5.66. The SMILES string of the molecule is Cc1nnc(NC(=O)CCC(C)N)s1.Cl. The van der Waals surface area contributed by atoms with Crippen molar-refractivity contribution in [2.45, 2.75) is 32.7 Å². The molecule has 1 unspecified atom stereocenters. The largest absolute Gasteiger partial charge is 0.328 e. The first-order valence-corrected chi connectivity index (χ1v) is 5.25. The number of amides is 1. The first-order valence-electron chi connectivity index (χ1n) is 4.43. The number of nitrogens with two attached hydrogens (primary N) is 1. The van der Waals surface area contributed by atoms with E-state index >= 15 is 0 Å². The molecule has 0 aromatic carbocycles. The Labute approximate surface area is 98.9 Å². The molecule has 86 valence electrons. The smallest absolute Gasteiger partial charge is 0.226 e. The summed E-state index contributed by atoms with van der Waals surface area (Å²) >= 11 is 1.36. The van der Waals surface area contributed by atoms with Gasteiger partial charge in [-0.25, -0.2) is 0 Å². The summed E-state index contributed by atoms with van der Waals surface area (Å²) in [5.74, 6) is -0.0570. The van der Waals surface area contributed by atoms with Crippen molar-refractivity contribution in [1.29, 1.82) is 0 Å². The normalized spacial score (nSPS) is 11.7. The molecule has 0 fully saturated rings. The zero-order valence-electron chi connectivity index (χ0n) is 8.69. The molecule has 15 heavy (non-hydrogen) atoms. The van der Waals surface area contributed by atoms with Crippen LogP contribution in [-0.2, 0) is 4.79 Å². The van der Waals surface area contributed by atoms with Gasteiger partial charge in [0.1, 0.15) is 5.01 Å².